The van der Waals surface area contributed by atoms with Crippen molar-refractivity contribution in [2.24, 2.45) is 5.92 Å². The third-order valence-electron chi connectivity index (χ3n) is 11.3. The summed E-state index contributed by atoms with van der Waals surface area (Å²) < 4.78 is 33.4. The molecule has 4 aliphatic rings. The molecule has 50 heavy (non-hydrogen) atoms. The van der Waals surface area contributed by atoms with Crippen LogP contribution in [-0.2, 0) is 20.9 Å². The van der Waals surface area contributed by atoms with E-state index in [0.717, 1.165) is 82.6 Å². The molecule has 1 atom stereocenters. The zero-order chi connectivity index (χ0) is 35.0. The molecule has 1 aliphatic carbocycles. The first-order valence-corrected chi connectivity index (χ1v) is 18.8. The number of carbonyl (C=O) groups is 3. The van der Waals surface area contributed by atoms with Gasteiger partial charge in [0.05, 0.1) is 18.8 Å². The van der Waals surface area contributed by atoms with Gasteiger partial charge in [-0.2, -0.15) is 0 Å². The van der Waals surface area contributed by atoms with Crippen LogP contribution in [0.1, 0.15) is 92.1 Å². The van der Waals surface area contributed by atoms with Crippen LogP contribution in [0.15, 0.2) is 42.5 Å². The largest absolute Gasteiger partial charge is 0.375 e. The second kappa shape index (κ2) is 17.2. The standard InChI is InChI=1S/C39H53F2N5O4/c1-2-44-18-14-33(15-19-44)50-34-16-20-45(21-17-34)39(49)37(28-6-4-3-5-7-28)43-38(48)29-10-8-27(9-11-29)31-25-46(26-31)36(47)24-42-23-30-12-13-32(40)22-35(30)41/h8-13,22,28,31,33-34,37,42H,2-7,14-21,23-26H2,1H3,(H,43,48). The van der Waals surface area contributed by atoms with Crippen molar-refractivity contribution in [2.45, 2.75) is 95.4 Å². The summed E-state index contributed by atoms with van der Waals surface area (Å²) in [6, 6.07) is 10.4. The predicted molar refractivity (Wildman–Crippen MR) is 187 cm³/mol. The Morgan fingerprint density at radius 3 is 2.14 bits per heavy atom. The quantitative estimate of drug-likeness (QED) is 0.331. The Morgan fingerprint density at radius 1 is 0.840 bits per heavy atom. The van der Waals surface area contributed by atoms with Gasteiger partial charge in [0.15, 0.2) is 0 Å². The number of hydrogen-bond donors (Lipinski definition) is 2. The van der Waals surface area contributed by atoms with E-state index in [1.54, 1.807) is 4.90 Å². The van der Waals surface area contributed by atoms with Gasteiger partial charge in [0.25, 0.3) is 5.91 Å². The number of piperidine rings is 2. The molecular weight excluding hydrogens is 640 g/mol. The summed E-state index contributed by atoms with van der Waals surface area (Å²) in [6.07, 6.45) is 9.54. The van der Waals surface area contributed by atoms with Crippen molar-refractivity contribution in [3.63, 3.8) is 0 Å². The maximum absolute atomic E-state index is 14.0. The van der Waals surface area contributed by atoms with Crippen LogP contribution in [-0.4, -0.2) is 103 Å². The van der Waals surface area contributed by atoms with Crippen LogP contribution in [0.4, 0.5) is 8.78 Å². The number of likely N-dealkylation sites (tertiary alicyclic amines) is 3. The molecule has 0 bridgehead atoms. The van der Waals surface area contributed by atoms with E-state index in [2.05, 4.69) is 22.5 Å². The number of nitrogens with zero attached hydrogens (tertiary/aromatic N) is 3. The number of rotatable bonds is 12. The molecule has 3 saturated heterocycles. The highest BCUT2D eigenvalue weighted by Crippen LogP contribution is 2.30. The first-order valence-electron chi connectivity index (χ1n) is 18.8. The summed E-state index contributed by atoms with van der Waals surface area (Å²) in [5.74, 6) is -1.24. The van der Waals surface area contributed by atoms with Crippen LogP contribution in [0.2, 0.25) is 0 Å². The fraction of sp³-hybridized carbons (Fsp3) is 0.615. The molecule has 4 fully saturated rings. The van der Waals surface area contributed by atoms with Crippen LogP contribution in [0, 0.1) is 17.6 Å². The third kappa shape index (κ3) is 9.27. The third-order valence-corrected chi connectivity index (χ3v) is 11.3. The Kier molecular flexibility index (Phi) is 12.5. The summed E-state index contributed by atoms with van der Waals surface area (Å²) in [7, 11) is 0. The van der Waals surface area contributed by atoms with Crippen molar-refractivity contribution in [1.29, 1.82) is 0 Å². The normalized spacial score (nSPS) is 20.8. The van der Waals surface area contributed by atoms with Crippen molar-refractivity contribution in [1.82, 2.24) is 25.3 Å². The highest BCUT2D eigenvalue weighted by Gasteiger charge is 2.36. The van der Waals surface area contributed by atoms with Gasteiger partial charge in [-0.15, -0.1) is 0 Å². The van der Waals surface area contributed by atoms with E-state index in [4.69, 9.17) is 4.74 Å². The predicted octanol–water partition coefficient (Wildman–Crippen LogP) is 4.85. The summed E-state index contributed by atoms with van der Waals surface area (Å²) in [5.41, 5.74) is 1.88. The number of halogens is 2. The van der Waals surface area contributed by atoms with E-state index in [9.17, 15) is 23.2 Å². The molecule has 2 aromatic carbocycles. The van der Waals surface area contributed by atoms with Gasteiger partial charge in [0.2, 0.25) is 11.8 Å². The van der Waals surface area contributed by atoms with Crippen molar-refractivity contribution >= 4 is 17.7 Å². The van der Waals surface area contributed by atoms with Gasteiger partial charge >= 0.3 is 0 Å². The van der Waals surface area contributed by atoms with Crippen LogP contribution >= 0.6 is 0 Å². The fourth-order valence-corrected chi connectivity index (χ4v) is 8.00. The number of hydrogen-bond acceptors (Lipinski definition) is 6. The Hall–Kier alpha value is -3.41. The molecule has 6 rings (SSSR count). The molecule has 272 valence electrons. The lowest BCUT2D eigenvalue weighted by atomic mass is 9.83. The van der Waals surface area contributed by atoms with Crippen LogP contribution < -0.4 is 10.6 Å². The van der Waals surface area contributed by atoms with Gasteiger partial charge in [-0.05, 0) is 74.8 Å². The lowest BCUT2D eigenvalue weighted by Gasteiger charge is -2.40. The minimum absolute atomic E-state index is 0.0353. The molecule has 2 N–H and O–H groups in total. The van der Waals surface area contributed by atoms with E-state index < -0.39 is 17.7 Å². The van der Waals surface area contributed by atoms with E-state index in [1.165, 1.54) is 18.6 Å². The summed E-state index contributed by atoms with van der Waals surface area (Å²) >= 11 is 0. The van der Waals surface area contributed by atoms with Gasteiger partial charge in [0.1, 0.15) is 17.7 Å². The molecule has 11 heteroatoms. The monoisotopic (exact) mass is 693 g/mol. The number of carbonyl (C=O) groups excluding carboxylic acids is 3. The zero-order valence-corrected chi connectivity index (χ0v) is 29.4. The number of ether oxygens (including phenoxy) is 1. The smallest absolute Gasteiger partial charge is 0.251 e. The molecular formula is C39H53F2N5O4. The molecule has 1 unspecified atom stereocenters. The average Bonchev–Trinajstić information content (AvgIpc) is 3.12. The molecule has 9 nitrogen and oxygen atoms in total. The average molecular weight is 694 g/mol. The first-order chi connectivity index (χ1) is 24.3. The molecule has 3 amide bonds. The minimum atomic E-state index is -0.637. The fourth-order valence-electron chi connectivity index (χ4n) is 8.00. The van der Waals surface area contributed by atoms with Crippen LogP contribution in [0.3, 0.4) is 0 Å². The maximum Gasteiger partial charge on any atom is 0.251 e. The number of amides is 3. The summed E-state index contributed by atoms with van der Waals surface area (Å²) in [5, 5.41) is 6.10. The molecule has 2 aromatic rings. The van der Waals surface area contributed by atoms with Crippen LogP contribution in [0.25, 0.3) is 0 Å². The van der Waals surface area contributed by atoms with Gasteiger partial charge in [0, 0.05) is 68.9 Å². The van der Waals surface area contributed by atoms with Gasteiger partial charge in [-0.3, -0.25) is 14.4 Å². The van der Waals surface area contributed by atoms with Gasteiger partial charge in [-0.1, -0.05) is 44.4 Å². The molecule has 0 aromatic heterocycles. The molecule has 0 spiro atoms. The van der Waals surface area contributed by atoms with Crippen molar-refractivity contribution in [3.05, 3.63) is 70.8 Å². The Morgan fingerprint density at radius 2 is 1.50 bits per heavy atom. The zero-order valence-electron chi connectivity index (χ0n) is 29.4. The molecule has 1 saturated carbocycles. The summed E-state index contributed by atoms with van der Waals surface area (Å²) in [6.45, 7) is 8.13. The molecule has 3 heterocycles. The lowest BCUT2D eigenvalue weighted by Crippen LogP contribution is -2.55. The number of benzene rings is 2. The van der Waals surface area contributed by atoms with Crippen LogP contribution in [0.5, 0.6) is 0 Å². The molecule has 0 radical (unpaired) electrons. The first kappa shape index (κ1) is 36.4. The topological polar surface area (TPSA) is 94.2 Å². The van der Waals surface area contributed by atoms with Crippen molar-refractivity contribution in [3.8, 4) is 0 Å². The lowest BCUT2D eigenvalue weighted by molar-refractivity contribution is -0.139. The number of nitrogens with one attached hydrogen (secondary N) is 2. The highest BCUT2D eigenvalue weighted by atomic mass is 19.1. The van der Waals surface area contributed by atoms with Crippen molar-refractivity contribution in [2.75, 3.05) is 52.4 Å². The maximum atomic E-state index is 14.0. The second-order valence-electron chi connectivity index (χ2n) is 14.6. The minimum Gasteiger partial charge on any atom is -0.375 e. The summed E-state index contributed by atoms with van der Waals surface area (Å²) in [4.78, 5) is 46.3. The van der Waals surface area contributed by atoms with E-state index in [1.807, 2.05) is 29.2 Å². The molecule has 3 aliphatic heterocycles. The van der Waals surface area contributed by atoms with E-state index in [0.29, 0.717) is 43.4 Å². The van der Waals surface area contributed by atoms with E-state index >= 15 is 0 Å². The van der Waals surface area contributed by atoms with E-state index in [-0.39, 0.29) is 48.8 Å². The second-order valence-corrected chi connectivity index (χ2v) is 14.6. The van der Waals surface area contributed by atoms with Gasteiger partial charge in [-0.25, -0.2) is 8.78 Å². The van der Waals surface area contributed by atoms with Crippen molar-refractivity contribution < 1.29 is 27.9 Å². The van der Waals surface area contributed by atoms with Gasteiger partial charge < -0.3 is 30.1 Å². The Labute approximate surface area is 295 Å². The highest BCUT2D eigenvalue weighted by molar-refractivity contribution is 5.97. The SMILES string of the molecule is CCN1CCC(OC2CCN(C(=O)C(NC(=O)c3ccc(C4CN(C(=O)CNCc5ccc(F)cc5F)C4)cc3)C3CCCCC3)CC2)CC1. The Bertz CT molecular complexity index is 1450. The Balaban J connectivity index is 0.967.